The number of hydrogen-bond acceptors (Lipinski definition) is 3. The smallest absolute Gasteiger partial charge is 0.151 e. The highest BCUT2D eigenvalue weighted by Crippen LogP contribution is 2.47. The molecule has 5 aromatic heterocycles. The van der Waals surface area contributed by atoms with Gasteiger partial charge in [-0.15, -0.1) is 0 Å². The third-order valence-corrected chi connectivity index (χ3v) is 11.5. The zero-order valence-electron chi connectivity index (χ0n) is 30.3. The van der Waals surface area contributed by atoms with Gasteiger partial charge in [0.05, 0.1) is 44.2 Å². The standard InChI is InChI=1S/C48H36N4O/c1-26-10-6-11-27(2)41(26)28-20-21-49-37(25-28)30-22-29(23-31(24-30)48(3,4)5)32-12-8-16-38-43(32)50-47-42-40(53)19-18-36-34-14-7-13-33-35-15-9-17-39(51(38)47)45(35)52(44(33)34)46(36)42/h6-25,53H,1-5H3. The SMILES string of the molecule is Cc1cccc(C)c1-c1ccnc(-c2cc(-c3cccc4c3nc3c5c(O)ccc6c7cccc8c9cccc(c9n(c78)c65)n43)cc(C(C)(C)C)c2)c1. The fraction of sp³-hybridized carbons (Fsp3) is 0.125. The molecule has 0 bridgehead atoms. The number of aromatic hydroxyl groups is 1. The number of phenols is 1. The number of aryl methyl sites for hydroxylation is 2. The molecule has 0 atom stereocenters. The van der Waals surface area contributed by atoms with Gasteiger partial charge in [-0.2, -0.15) is 0 Å². The van der Waals surface area contributed by atoms with Gasteiger partial charge in [0.2, 0.25) is 0 Å². The summed E-state index contributed by atoms with van der Waals surface area (Å²) < 4.78 is 4.63. The van der Waals surface area contributed by atoms with Gasteiger partial charge in [-0.1, -0.05) is 87.5 Å². The average molecular weight is 685 g/mol. The Balaban J connectivity index is 1.23. The molecule has 11 rings (SSSR count). The predicted octanol–water partition coefficient (Wildman–Crippen LogP) is 12.2. The van der Waals surface area contributed by atoms with Gasteiger partial charge in [-0.25, -0.2) is 4.98 Å². The minimum atomic E-state index is -0.105. The van der Waals surface area contributed by atoms with Crippen LogP contribution in [0, 0.1) is 13.8 Å². The van der Waals surface area contributed by atoms with Crippen LogP contribution in [0.2, 0.25) is 0 Å². The van der Waals surface area contributed by atoms with Gasteiger partial charge >= 0.3 is 0 Å². The molecule has 0 aliphatic heterocycles. The van der Waals surface area contributed by atoms with E-state index in [1.165, 1.54) is 49.5 Å². The molecule has 6 aromatic carbocycles. The van der Waals surface area contributed by atoms with Crippen molar-refractivity contribution in [2.24, 2.45) is 0 Å². The monoisotopic (exact) mass is 684 g/mol. The fourth-order valence-electron chi connectivity index (χ4n) is 9.09. The van der Waals surface area contributed by atoms with Crippen molar-refractivity contribution in [2.75, 3.05) is 0 Å². The van der Waals surface area contributed by atoms with Crippen LogP contribution in [0.15, 0.2) is 121 Å². The van der Waals surface area contributed by atoms with E-state index in [4.69, 9.17) is 9.97 Å². The highest BCUT2D eigenvalue weighted by molar-refractivity contribution is 6.30. The number of imidazole rings is 1. The summed E-state index contributed by atoms with van der Waals surface area (Å²) in [7, 11) is 0. The number of para-hydroxylation sites is 3. The quantitative estimate of drug-likeness (QED) is 0.202. The second kappa shape index (κ2) is 10.3. The Labute approximate surface area is 306 Å². The first-order valence-electron chi connectivity index (χ1n) is 18.3. The zero-order valence-corrected chi connectivity index (χ0v) is 30.3. The third-order valence-electron chi connectivity index (χ3n) is 11.5. The van der Waals surface area contributed by atoms with E-state index in [1.54, 1.807) is 0 Å². The van der Waals surface area contributed by atoms with E-state index in [0.717, 1.165) is 66.4 Å². The summed E-state index contributed by atoms with van der Waals surface area (Å²) in [4.78, 5) is 10.4. The van der Waals surface area contributed by atoms with Gasteiger partial charge in [0.25, 0.3) is 0 Å². The summed E-state index contributed by atoms with van der Waals surface area (Å²) in [6, 6.07) is 41.1. The molecule has 0 radical (unpaired) electrons. The summed E-state index contributed by atoms with van der Waals surface area (Å²) in [5.41, 5.74) is 17.2. The van der Waals surface area contributed by atoms with Crippen molar-refractivity contribution in [3.05, 3.63) is 138 Å². The number of pyridine rings is 1. The van der Waals surface area contributed by atoms with Crippen LogP contribution in [0.5, 0.6) is 5.75 Å². The second-order valence-corrected chi connectivity index (χ2v) is 15.8. The topological polar surface area (TPSA) is 54.8 Å². The number of phenolic OH excluding ortho intramolecular Hbond substituents is 1. The second-order valence-electron chi connectivity index (χ2n) is 15.8. The van der Waals surface area contributed by atoms with Crippen LogP contribution in [-0.2, 0) is 5.41 Å². The molecule has 0 amide bonds. The third kappa shape index (κ3) is 4.02. The number of rotatable bonds is 3. The Morgan fingerprint density at radius 1 is 0.585 bits per heavy atom. The van der Waals surface area contributed by atoms with Crippen molar-refractivity contribution >= 4 is 65.7 Å². The van der Waals surface area contributed by atoms with E-state index in [1.807, 2.05) is 12.3 Å². The van der Waals surface area contributed by atoms with Crippen molar-refractivity contribution < 1.29 is 5.11 Å². The minimum Gasteiger partial charge on any atom is -0.507 e. The summed E-state index contributed by atoms with van der Waals surface area (Å²) in [6.07, 6.45) is 1.93. The van der Waals surface area contributed by atoms with Gasteiger partial charge in [-0.3, -0.25) is 9.38 Å². The maximum Gasteiger partial charge on any atom is 0.151 e. The number of hydrogen-bond donors (Lipinski definition) is 1. The molecule has 0 fully saturated rings. The van der Waals surface area contributed by atoms with Crippen LogP contribution >= 0.6 is 0 Å². The van der Waals surface area contributed by atoms with E-state index in [2.05, 4.69) is 153 Å². The van der Waals surface area contributed by atoms with Crippen molar-refractivity contribution in [2.45, 2.75) is 40.0 Å². The molecule has 5 nitrogen and oxygen atoms in total. The predicted molar refractivity (Wildman–Crippen MR) is 220 cm³/mol. The van der Waals surface area contributed by atoms with Crippen LogP contribution in [0.1, 0.15) is 37.5 Å². The van der Waals surface area contributed by atoms with Crippen LogP contribution in [0.3, 0.4) is 0 Å². The Bertz CT molecular complexity index is 3280. The number of aromatic nitrogens is 4. The van der Waals surface area contributed by atoms with Crippen LogP contribution in [0.25, 0.3) is 99.2 Å². The van der Waals surface area contributed by atoms with E-state index in [9.17, 15) is 5.11 Å². The lowest BCUT2D eigenvalue weighted by atomic mass is 9.83. The van der Waals surface area contributed by atoms with Crippen LogP contribution in [0.4, 0.5) is 0 Å². The molecule has 5 heterocycles. The Hall–Kier alpha value is -6.46. The molecule has 0 aliphatic rings. The molecule has 0 aliphatic carbocycles. The fourth-order valence-corrected chi connectivity index (χ4v) is 9.09. The van der Waals surface area contributed by atoms with Gasteiger partial charge < -0.3 is 9.51 Å². The largest absolute Gasteiger partial charge is 0.507 e. The molecule has 0 saturated heterocycles. The summed E-state index contributed by atoms with van der Waals surface area (Å²) in [5, 5.41) is 17.2. The van der Waals surface area contributed by atoms with Gasteiger partial charge in [0.15, 0.2) is 5.65 Å². The van der Waals surface area contributed by atoms with E-state index < -0.39 is 0 Å². The molecule has 0 spiro atoms. The van der Waals surface area contributed by atoms with Gasteiger partial charge in [-0.05, 0) is 101 Å². The van der Waals surface area contributed by atoms with Crippen LogP contribution in [-0.4, -0.2) is 23.9 Å². The van der Waals surface area contributed by atoms with Crippen molar-refractivity contribution in [3.8, 4) is 39.3 Å². The summed E-state index contributed by atoms with van der Waals surface area (Å²) in [6.45, 7) is 11.1. The molecule has 0 unspecified atom stereocenters. The number of nitrogens with zero attached hydrogens (tertiary/aromatic N) is 4. The van der Waals surface area contributed by atoms with Gasteiger partial charge in [0, 0.05) is 38.9 Å². The summed E-state index contributed by atoms with van der Waals surface area (Å²) in [5.74, 6) is 0.226. The van der Waals surface area contributed by atoms with Crippen molar-refractivity contribution in [1.29, 1.82) is 0 Å². The molecule has 0 saturated carbocycles. The molecule has 53 heavy (non-hydrogen) atoms. The molecule has 254 valence electrons. The maximum atomic E-state index is 11.7. The van der Waals surface area contributed by atoms with Crippen molar-refractivity contribution in [1.82, 2.24) is 18.8 Å². The molecular weight excluding hydrogens is 649 g/mol. The first-order chi connectivity index (χ1) is 25.7. The normalized spacial score (nSPS) is 12.7. The van der Waals surface area contributed by atoms with Crippen LogP contribution < -0.4 is 0 Å². The van der Waals surface area contributed by atoms with E-state index >= 15 is 0 Å². The zero-order chi connectivity index (χ0) is 35.9. The Kier molecular flexibility index (Phi) is 5.88. The first kappa shape index (κ1) is 30.2. The number of fused-ring (bicyclic) bond motifs is 7. The molecular formula is C48H36N4O. The van der Waals surface area contributed by atoms with E-state index in [-0.39, 0.29) is 11.2 Å². The van der Waals surface area contributed by atoms with E-state index in [0.29, 0.717) is 0 Å². The van der Waals surface area contributed by atoms with Gasteiger partial charge in [0.1, 0.15) is 5.75 Å². The number of benzene rings is 6. The lowest BCUT2D eigenvalue weighted by Crippen LogP contribution is -2.11. The summed E-state index contributed by atoms with van der Waals surface area (Å²) >= 11 is 0. The molecule has 1 N–H and O–H groups in total. The Morgan fingerprint density at radius 3 is 2.02 bits per heavy atom. The minimum absolute atomic E-state index is 0.105. The lowest BCUT2D eigenvalue weighted by molar-refractivity contribution is 0.482. The maximum absolute atomic E-state index is 11.7. The van der Waals surface area contributed by atoms with Crippen molar-refractivity contribution in [3.63, 3.8) is 0 Å². The lowest BCUT2D eigenvalue weighted by Gasteiger charge is -2.22. The highest BCUT2D eigenvalue weighted by atomic mass is 16.3. The first-order valence-corrected chi connectivity index (χ1v) is 18.3. The molecule has 11 aromatic rings. The molecule has 5 heteroatoms. The average Bonchev–Trinajstić information content (AvgIpc) is 3.79. The highest BCUT2D eigenvalue weighted by Gasteiger charge is 2.26. The Morgan fingerprint density at radius 2 is 1.25 bits per heavy atom.